The molecule has 9 nitrogen and oxygen atoms in total. The highest BCUT2D eigenvalue weighted by molar-refractivity contribution is 7.09. The van der Waals surface area contributed by atoms with Gasteiger partial charge < -0.3 is 20.7 Å². The van der Waals surface area contributed by atoms with Gasteiger partial charge in [-0.1, -0.05) is 34.6 Å². The molecule has 0 spiro atoms. The topological polar surface area (TPSA) is 126 Å². The van der Waals surface area contributed by atoms with Crippen molar-refractivity contribution >= 4 is 35.0 Å². The fraction of sp³-hybridized carbons (Fsp3) is 0.682. The number of nitrogens with zero attached hydrogens (tertiary/aromatic N) is 1. The molecule has 2 unspecified atom stereocenters. The molecular weight excluding hydrogens is 432 g/mol. The lowest BCUT2D eigenvalue weighted by molar-refractivity contribution is -0.140. The van der Waals surface area contributed by atoms with E-state index in [2.05, 4.69) is 20.9 Å². The molecule has 2 rings (SSSR count). The number of aryl methyl sites for hydroxylation is 1. The van der Waals surface area contributed by atoms with E-state index < -0.39 is 35.8 Å². The van der Waals surface area contributed by atoms with Gasteiger partial charge in [-0.3, -0.25) is 14.4 Å². The predicted octanol–water partition coefficient (Wildman–Crippen LogP) is 1.99. The van der Waals surface area contributed by atoms with E-state index in [1.54, 1.807) is 13.8 Å². The van der Waals surface area contributed by atoms with Crippen LogP contribution < -0.4 is 16.0 Å². The third-order valence-corrected chi connectivity index (χ3v) is 5.76. The number of ether oxygens (including phenoxy) is 1. The van der Waals surface area contributed by atoms with Crippen LogP contribution in [0.1, 0.15) is 58.2 Å². The maximum Gasteiger partial charge on any atom is 0.407 e. The Balaban J connectivity index is 2.13. The van der Waals surface area contributed by atoms with E-state index in [1.807, 2.05) is 26.2 Å². The third-order valence-electron chi connectivity index (χ3n) is 4.84. The van der Waals surface area contributed by atoms with Crippen LogP contribution in [0.25, 0.3) is 0 Å². The molecule has 0 radical (unpaired) electrons. The van der Waals surface area contributed by atoms with Crippen molar-refractivity contribution in [3.8, 4) is 0 Å². The van der Waals surface area contributed by atoms with E-state index >= 15 is 0 Å². The first kappa shape index (κ1) is 25.8. The zero-order chi connectivity index (χ0) is 23.9. The van der Waals surface area contributed by atoms with Gasteiger partial charge in [0, 0.05) is 18.3 Å². The molecule has 1 aromatic rings. The van der Waals surface area contributed by atoms with Crippen LogP contribution in [0.5, 0.6) is 0 Å². The second-order valence-electron chi connectivity index (χ2n) is 9.58. The van der Waals surface area contributed by atoms with Crippen LogP contribution in [-0.4, -0.2) is 53.9 Å². The Morgan fingerprint density at radius 3 is 2.66 bits per heavy atom. The number of alkyl carbamates (subject to hydrolysis) is 1. The summed E-state index contributed by atoms with van der Waals surface area (Å²) in [5, 5.41) is 10.5. The maximum absolute atomic E-state index is 13.0. The second kappa shape index (κ2) is 11.4. The van der Waals surface area contributed by atoms with Crippen molar-refractivity contribution in [3.63, 3.8) is 0 Å². The maximum atomic E-state index is 13.0. The Labute approximate surface area is 193 Å². The molecule has 2 bridgehead atoms. The molecule has 3 amide bonds. The molecule has 2 heterocycles. The summed E-state index contributed by atoms with van der Waals surface area (Å²) in [6, 6.07) is -2.00. The molecule has 1 aliphatic rings. The molecule has 0 aromatic carbocycles. The van der Waals surface area contributed by atoms with Gasteiger partial charge in [-0.05, 0) is 30.6 Å². The zero-order valence-corrected chi connectivity index (χ0v) is 20.3. The first-order valence-corrected chi connectivity index (χ1v) is 11.8. The van der Waals surface area contributed by atoms with Gasteiger partial charge in [0.15, 0.2) is 0 Å². The van der Waals surface area contributed by atoms with Gasteiger partial charge in [-0.25, -0.2) is 9.78 Å². The monoisotopic (exact) mass is 466 g/mol. The summed E-state index contributed by atoms with van der Waals surface area (Å²) >= 11 is 1.40. The van der Waals surface area contributed by atoms with E-state index in [1.165, 1.54) is 11.3 Å². The number of carbonyl (C=O) groups is 4. The summed E-state index contributed by atoms with van der Waals surface area (Å²) in [5.41, 5.74) is 0.727. The van der Waals surface area contributed by atoms with Gasteiger partial charge in [-0.15, -0.1) is 11.3 Å². The van der Waals surface area contributed by atoms with Gasteiger partial charge in [0.2, 0.25) is 11.7 Å². The largest absolute Gasteiger partial charge is 0.449 e. The number of aromatic nitrogens is 1. The summed E-state index contributed by atoms with van der Waals surface area (Å²) in [6.07, 6.45) is 1.81. The summed E-state index contributed by atoms with van der Waals surface area (Å²) in [4.78, 5) is 54.8. The number of hydrogen-bond donors (Lipinski definition) is 3. The van der Waals surface area contributed by atoms with Gasteiger partial charge in [-0.2, -0.15) is 0 Å². The van der Waals surface area contributed by atoms with Crippen LogP contribution in [0, 0.1) is 11.3 Å². The van der Waals surface area contributed by atoms with Gasteiger partial charge in [0.05, 0.1) is 17.3 Å². The number of Topliss-reactive ketones (excluding diaryl/α,β-unsaturated/α-hetero) is 1. The van der Waals surface area contributed by atoms with Crippen molar-refractivity contribution < 1.29 is 23.9 Å². The summed E-state index contributed by atoms with van der Waals surface area (Å²) in [7, 11) is 0. The number of ketones is 1. The number of nitrogens with one attached hydrogen (secondary N) is 3. The minimum atomic E-state index is -1.07. The Morgan fingerprint density at radius 1 is 1.28 bits per heavy atom. The minimum Gasteiger partial charge on any atom is -0.449 e. The van der Waals surface area contributed by atoms with Crippen LogP contribution >= 0.6 is 11.3 Å². The fourth-order valence-electron chi connectivity index (χ4n) is 3.07. The standard InChI is InChI=1S/C22H34N4O5S/c1-13(2)17(26-21(30)31-12-22(3,4)5)19(28)25-15-10-16-24-14(11-32-16)8-6-7-9-23-20(29)18(15)27/h11,13,15,17H,6-10,12H2,1-5H3,(H,23,29)(H,25,28)(H,26,30). The summed E-state index contributed by atoms with van der Waals surface area (Å²) in [6.45, 7) is 9.91. The molecule has 0 fully saturated rings. The van der Waals surface area contributed by atoms with Crippen molar-refractivity contribution in [2.75, 3.05) is 13.2 Å². The number of rotatable bonds is 5. The van der Waals surface area contributed by atoms with Crippen LogP contribution in [0.3, 0.4) is 0 Å². The number of hydrogen-bond acceptors (Lipinski definition) is 7. The predicted molar refractivity (Wildman–Crippen MR) is 121 cm³/mol. The minimum absolute atomic E-state index is 0.113. The second-order valence-corrected chi connectivity index (χ2v) is 10.5. The van der Waals surface area contributed by atoms with Crippen LogP contribution in [0.4, 0.5) is 4.79 Å². The molecule has 1 aliphatic heterocycles. The molecule has 32 heavy (non-hydrogen) atoms. The Hall–Kier alpha value is -2.49. The highest BCUT2D eigenvalue weighted by Gasteiger charge is 2.32. The SMILES string of the molecule is CC(C)C(NC(=O)OCC(C)(C)C)C(=O)NC1Cc2nc(cs2)CCCCNC(=O)C1=O. The lowest BCUT2D eigenvalue weighted by atomic mass is 9.99. The lowest BCUT2D eigenvalue weighted by Crippen LogP contribution is -2.56. The zero-order valence-electron chi connectivity index (χ0n) is 19.4. The van der Waals surface area contributed by atoms with Crippen LogP contribution in [0.2, 0.25) is 0 Å². The van der Waals surface area contributed by atoms with E-state index in [0.717, 1.165) is 25.0 Å². The molecule has 2 atom stereocenters. The normalized spacial score (nSPS) is 18.8. The van der Waals surface area contributed by atoms with Crippen molar-refractivity contribution in [2.45, 2.75) is 72.4 Å². The fourth-order valence-corrected chi connectivity index (χ4v) is 3.94. The van der Waals surface area contributed by atoms with E-state index in [4.69, 9.17) is 4.74 Å². The van der Waals surface area contributed by atoms with Gasteiger partial charge in [0.1, 0.15) is 12.1 Å². The Morgan fingerprint density at radius 2 is 2.00 bits per heavy atom. The first-order chi connectivity index (χ1) is 15.0. The molecular formula is C22H34N4O5S. The number of amides is 3. The van der Waals surface area contributed by atoms with Gasteiger partial charge in [0.25, 0.3) is 5.91 Å². The highest BCUT2D eigenvalue weighted by Crippen LogP contribution is 2.16. The average molecular weight is 467 g/mol. The molecule has 0 aliphatic carbocycles. The highest BCUT2D eigenvalue weighted by atomic mass is 32.1. The smallest absolute Gasteiger partial charge is 0.407 e. The molecule has 178 valence electrons. The van der Waals surface area contributed by atoms with Crippen molar-refractivity contribution in [3.05, 3.63) is 16.1 Å². The number of fused-ring (bicyclic) bond motifs is 2. The van der Waals surface area contributed by atoms with E-state index in [0.29, 0.717) is 11.6 Å². The van der Waals surface area contributed by atoms with E-state index in [-0.39, 0.29) is 24.4 Å². The van der Waals surface area contributed by atoms with Crippen LogP contribution in [0.15, 0.2) is 5.38 Å². The quantitative estimate of drug-likeness (QED) is 0.570. The van der Waals surface area contributed by atoms with E-state index in [9.17, 15) is 19.2 Å². The summed E-state index contributed by atoms with van der Waals surface area (Å²) in [5.74, 6) is -2.28. The lowest BCUT2D eigenvalue weighted by Gasteiger charge is -2.25. The number of carbonyl (C=O) groups excluding carboxylic acids is 4. The molecule has 0 saturated carbocycles. The molecule has 10 heteroatoms. The number of thiazole rings is 1. The molecule has 0 saturated heterocycles. The van der Waals surface area contributed by atoms with Crippen molar-refractivity contribution in [1.82, 2.24) is 20.9 Å². The third kappa shape index (κ3) is 8.22. The Bertz CT molecular complexity index is 831. The van der Waals surface area contributed by atoms with Crippen molar-refractivity contribution in [1.29, 1.82) is 0 Å². The first-order valence-electron chi connectivity index (χ1n) is 11.0. The Kier molecular flexibility index (Phi) is 9.18. The average Bonchev–Trinajstić information content (AvgIpc) is 3.14. The molecule has 1 aromatic heterocycles. The van der Waals surface area contributed by atoms with Crippen molar-refractivity contribution in [2.24, 2.45) is 11.3 Å². The molecule has 3 N–H and O–H groups in total. The summed E-state index contributed by atoms with van der Waals surface area (Å²) < 4.78 is 5.21. The van der Waals surface area contributed by atoms with Gasteiger partial charge >= 0.3 is 6.09 Å². The van der Waals surface area contributed by atoms with Crippen LogP contribution in [-0.2, 0) is 32.0 Å².